The topological polar surface area (TPSA) is 46.6 Å². The van der Waals surface area contributed by atoms with Crippen molar-refractivity contribution in [2.45, 2.75) is 13.8 Å². The van der Waals surface area contributed by atoms with Crippen LogP contribution in [0, 0.1) is 11.8 Å². The molecule has 4 nitrogen and oxygen atoms in total. The number of ether oxygens (including phenoxy) is 1. The van der Waals surface area contributed by atoms with Gasteiger partial charge < -0.3 is 4.74 Å². The Balaban J connectivity index is 2.88. The molecule has 82 valence electrons. The number of methoxy groups -OCH3 is 1. The van der Waals surface area contributed by atoms with Crippen molar-refractivity contribution in [2.75, 3.05) is 7.11 Å². The second-order valence-electron chi connectivity index (χ2n) is 3.74. The Kier molecular flexibility index (Phi) is 3.66. The predicted octanol–water partition coefficient (Wildman–Crippen LogP) is 1.94. The van der Waals surface area contributed by atoms with Gasteiger partial charge in [0, 0.05) is 23.9 Å². The Morgan fingerprint density at radius 3 is 2.73 bits per heavy atom. The molecule has 4 heteroatoms. The quantitative estimate of drug-likeness (QED) is 0.653. The molecule has 0 aliphatic carbocycles. The van der Waals surface area contributed by atoms with Gasteiger partial charge in [0.15, 0.2) is 0 Å². The van der Waals surface area contributed by atoms with Crippen LogP contribution in [0.1, 0.15) is 13.8 Å². The molecular formula is C11H15NO3. The van der Waals surface area contributed by atoms with E-state index in [-0.39, 0.29) is 5.92 Å². The summed E-state index contributed by atoms with van der Waals surface area (Å²) in [5.74, 6) is 0.404. The van der Waals surface area contributed by atoms with Crippen LogP contribution in [0.4, 0.5) is 4.79 Å². The number of nitrogens with zero attached hydrogens (tertiary/aromatic N) is 1. The van der Waals surface area contributed by atoms with Crippen LogP contribution in [0.5, 0.6) is 0 Å². The highest BCUT2D eigenvalue weighted by Gasteiger charge is 2.22. The monoisotopic (exact) mass is 209 g/mol. The van der Waals surface area contributed by atoms with Crippen LogP contribution in [0.2, 0.25) is 0 Å². The zero-order valence-corrected chi connectivity index (χ0v) is 9.14. The molecule has 0 bridgehead atoms. The predicted molar refractivity (Wildman–Crippen MR) is 55.9 cm³/mol. The van der Waals surface area contributed by atoms with Crippen LogP contribution in [-0.2, 0) is 9.53 Å². The van der Waals surface area contributed by atoms with E-state index in [4.69, 9.17) is 0 Å². The van der Waals surface area contributed by atoms with Gasteiger partial charge in [-0.25, -0.2) is 4.79 Å². The first-order chi connectivity index (χ1) is 7.10. The van der Waals surface area contributed by atoms with Gasteiger partial charge in [0.1, 0.15) is 6.29 Å². The Hall–Kier alpha value is -1.58. The van der Waals surface area contributed by atoms with E-state index in [0.717, 1.165) is 6.29 Å². The third kappa shape index (κ3) is 2.46. The Labute approximate surface area is 89.2 Å². The number of rotatable bonds is 2. The van der Waals surface area contributed by atoms with Crippen molar-refractivity contribution in [3.63, 3.8) is 0 Å². The van der Waals surface area contributed by atoms with E-state index >= 15 is 0 Å². The van der Waals surface area contributed by atoms with E-state index in [9.17, 15) is 9.59 Å². The summed E-state index contributed by atoms with van der Waals surface area (Å²) in [5.41, 5.74) is 0.595. The third-order valence-electron chi connectivity index (χ3n) is 2.37. The SMILES string of the molecule is COC(=O)N1C=C[C@@H](C(C)C)C(C=O)=C1. The van der Waals surface area contributed by atoms with Crippen molar-refractivity contribution in [1.29, 1.82) is 0 Å². The molecule has 0 unspecified atom stereocenters. The van der Waals surface area contributed by atoms with Crippen LogP contribution in [0.3, 0.4) is 0 Å². The van der Waals surface area contributed by atoms with Crippen LogP contribution in [0.15, 0.2) is 24.0 Å². The Bertz CT molecular complexity index is 318. The minimum atomic E-state index is -0.493. The largest absolute Gasteiger partial charge is 0.452 e. The molecule has 0 spiro atoms. The smallest absolute Gasteiger partial charge is 0.417 e. The summed E-state index contributed by atoms with van der Waals surface area (Å²) in [7, 11) is 1.30. The lowest BCUT2D eigenvalue weighted by molar-refractivity contribution is -0.105. The summed E-state index contributed by atoms with van der Waals surface area (Å²) in [6.07, 6.45) is 5.27. The molecule has 0 saturated heterocycles. The number of carbonyl (C=O) groups is 2. The summed E-state index contributed by atoms with van der Waals surface area (Å²) < 4.78 is 4.55. The first-order valence-electron chi connectivity index (χ1n) is 4.81. The first-order valence-corrected chi connectivity index (χ1v) is 4.81. The van der Waals surface area contributed by atoms with Gasteiger partial charge in [0.25, 0.3) is 0 Å². The molecule has 1 aliphatic heterocycles. The molecule has 0 aromatic carbocycles. The molecular weight excluding hydrogens is 194 g/mol. The number of carbonyl (C=O) groups excluding carboxylic acids is 2. The fraction of sp³-hybridized carbons (Fsp3) is 0.455. The average Bonchev–Trinajstić information content (AvgIpc) is 2.26. The van der Waals surface area contributed by atoms with Crippen molar-refractivity contribution in [3.05, 3.63) is 24.0 Å². The molecule has 0 fully saturated rings. The molecule has 0 saturated carbocycles. The Morgan fingerprint density at radius 2 is 2.27 bits per heavy atom. The highest BCUT2D eigenvalue weighted by molar-refractivity contribution is 5.78. The van der Waals surface area contributed by atoms with Gasteiger partial charge in [0.05, 0.1) is 7.11 Å². The van der Waals surface area contributed by atoms with E-state index in [0.29, 0.717) is 11.5 Å². The van der Waals surface area contributed by atoms with Crippen LogP contribution < -0.4 is 0 Å². The fourth-order valence-corrected chi connectivity index (χ4v) is 1.52. The van der Waals surface area contributed by atoms with Gasteiger partial charge in [-0.15, -0.1) is 0 Å². The minimum absolute atomic E-state index is 0.0726. The standard InChI is InChI=1S/C11H15NO3/c1-8(2)10-4-5-12(11(14)15-3)6-9(10)7-13/h4-8,10H,1-3H3/t10-/m0/s1. The lowest BCUT2D eigenvalue weighted by Gasteiger charge is -2.24. The Morgan fingerprint density at radius 1 is 1.60 bits per heavy atom. The van der Waals surface area contributed by atoms with E-state index < -0.39 is 6.09 Å². The first kappa shape index (κ1) is 11.5. The lowest BCUT2D eigenvalue weighted by atomic mass is 9.88. The average molecular weight is 209 g/mol. The highest BCUT2D eigenvalue weighted by Crippen LogP contribution is 2.25. The van der Waals surface area contributed by atoms with Crippen LogP contribution >= 0.6 is 0 Å². The normalized spacial score (nSPS) is 20.1. The van der Waals surface area contributed by atoms with E-state index in [2.05, 4.69) is 4.74 Å². The van der Waals surface area contributed by atoms with Gasteiger partial charge in [-0.3, -0.25) is 9.69 Å². The molecule has 1 amide bonds. The van der Waals surface area contributed by atoms with Crippen molar-refractivity contribution >= 4 is 12.4 Å². The summed E-state index contributed by atoms with van der Waals surface area (Å²) in [6.45, 7) is 4.06. The molecule has 1 aliphatic rings. The molecule has 0 radical (unpaired) electrons. The van der Waals surface area contributed by atoms with Crippen molar-refractivity contribution in [2.24, 2.45) is 11.8 Å². The number of hydrogen-bond donors (Lipinski definition) is 0. The van der Waals surface area contributed by atoms with Crippen molar-refractivity contribution in [1.82, 2.24) is 4.90 Å². The van der Waals surface area contributed by atoms with Crippen molar-refractivity contribution in [3.8, 4) is 0 Å². The van der Waals surface area contributed by atoms with Crippen molar-refractivity contribution < 1.29 is 14.3 Å². The molecule has 0 N–H and O–H groups in total. The number of hydrogen-bond acceptors (Lipinski definition) is 3. The molecule has 1 rings (SSSR count). The summed E-state index contributed by atoms with van der Waals surface area (Å²) in [6, 6.07) is 0. The van der Waals surface area contributed by atoms with E-state index in [1.54, 1.807) is 6.20 Å². The maximum absolute atomic E-state index is 11.2. The van der Waals surface area contributed by atoms with Gasteiger partial charge in [-0.1, -0.05) is 19.9 Å². The zero-order valence-electron chi connectivity index (χ0n) is 9.14. The molecule has 1 atom stereocenters. The van der Waals surface area contributed by atoms with Gasteiger partial charge in [-0.05, 0) is 5.92 Å². The summed E-state index contributed by atoms with van der Waals surface area (Å²) in [5, 5.41) is 0. The molecule has 0 aromatic heterocycles. The maximum Gasteiger partial charge on any atom is 0.417 e. The van der Waals surface area contributed by atoms with Gasteiger partial charge in [-0.2, -0.15) is 0 Å². The minimum Gasteiger partial charge on any atom is -0.452 e. The number of allylic oxidation sites excluding steroid dienone is 2. The zero-order chi connectivity index (χ0) is 11.4. The van der Waals surface area contributed by atoms with Crippen LogP contribution in [0.25, 0.3) is 0 Å². The molecule has 15 heavy (non-hydrogen) atoms. The van der Waals surface area contributed by atoms with Crippen LogP contribution in [-0.4, -0.2) is 24.4 Å². The second-order valence-corrected chi connectivity index (χ2v) is 3.74. The highest BCUT2D eigenvalue weighted by atomic mass is 16.5. The summed E-state index contributed by atoms with van der Waals surface area (Å²) >= 11 is 0. The lowest BCUT2D eigenvalue weighted by Crippen LogP contribution is -2.26. The summed E-state index contributed by atoms with van der Waals surface area (Å²) in [4.78, 5) is 23.3. The van der Waals surface area contributed by atoms with E-state index in [1.807, 2.05) is 19.9 Å². The third-order valence-corrected chi connectivity index (χ3v) is 2.37. The maximum atomic E-state index is 11.2. The fourth-order valence-electron chi connectivity index (χ4n) is 1.52. The number of aldehydes is 1. The molecule has 1 heterocycles. The van der Waals surface area contributed by atoms with Gasteiger partial charge >= 0.3 is 6.09 Å². The van der Waals surface area contributed by atoms with Gasteiger partial charge in [0.2, 0.25) is 0 Å². The second kappa shape index (κ2) is 4.77. The molecule has 0 aromatic rings. The number of amides is 1. The van der Waals surface area contributed by atoms with E-state index in [1.165, 1.54) is 18.2 Å².